The Morgan fingerprint density at radius 1 is 1.04 bits per heavy atom. The van der Waals surface area contributed by atoms with Gasteiger partial charge in [-0.3, -0.25) is 14.5 Å². The van der Waals surface area contributed by atoms with E-state index in [1.165, 1.54) is 0 Å². The van der Waals surface area contributed by atoms with Gasteiger partial charge in [0.15, 0.2) is 0 Å². The van der Waals surface area contributed by atoms with Gasteiger partial charge in [0.2, 0.25) is 11.8 Å². The van der Waals surface area contributed by atoms with Crippen LogP contribution < -0.4 is 4.90 Å². The zero-order chi connectivity index (χ0) is 34.8. The highest BCUT2D eigenvalue weighted by molar-refractivity contribution is 6.22. The summed E-state index contributed by atoms with van der Waals surface area (Å²) < 4.78 is 31.4. The second kappa shape index (κ2) is 11.3. The number of esters is 1. The zero-order valence-electron chi connectivity index (χ0n) is 29.3. The molecule has 5 aliphatic carbocycles. The number of imide groups is 1. The quantitative estimate of drug-likeness (QED) is 0.292. The van der Waals surface area contributed by atoms with E-state index in [0.717, 1.165) is 11.3 Å². The van der Waals surface area contributed by atoms with Crippen molar-refractivity contribution in [2.75, 3.05) is 53.0 Å². The topological polar surface area (TPSA) is 144 Å². The minimum Gasteiger partial charge on any atom is -0.461 e. The lowest BCUT2D eigenvalue weighted by atomic mass is 9.42. The number of carbonyl (C=O) groups excluding carboxylic acids is 3. The Morgan fingerprint density at radius 3 is 2.43 bits per heavy atom. The summed E-state index contributed by atoms with van der Waals surface area (Å²) in [5, 5.41) is 26.6. The summed E-state index contributed by atoms with van der Waals surface area (Å²) in [7, 11) is 6.70. The third-order valence-electron chi connectivity index (χ3n) is 14.5. The Hall–Kier alpha value is -2.45. The third-order valence-corrected chi connectivity index (χ3v) is 14.5. The fourth-order valence-corrected chi connectivity index (χ4v) is 13.2. The van der Waals surface area contributed by atoms with E-state index in [0.29, 0.717) is 25.9 Å². The molecule has 7 bridgehead atoms. The van der Waals surface area contributed by atoms with Gasteiger partial charge in [-0.2, -0.15) is 0 Å². The molecule has 2 heterocycles. The van der Waals surface area contributed by atoms with Crippen LogP contribution in [0.1, 0.15) is 56.3 Å². The van der Waals surface area contributed by atoms with Crippen LogP contribution in [0.4, 0.5) is 5.69 Å². The van der Waals surface area contributed by atoms with Crippen LogP contribution in [-0.4, -0.2) is 123 Å². The van der Waals surface area contributed by atoms with E-state index >= 15 is 0 Å². The molecule has 5 saturated carbocycles. The molecule has 0 radical (unpaired) electrons. The number of nitrogens with zero attached hydrogens (tertiary/aromatic N) is 2. The molecular weight excluding hydrogens is 632 g/mol. The summed E-state index contributed by atoms with van der Waals surface area (Å²) in [4.78, 5) is 43.3. The Morgan fingerprint density at radius 2 is 1.80 bits per heavy atom. The van der Waals surface area contributed by atoms with Crippen molar-refractivity contribution in [2.24, 2.45) is 40.4 Å². The van der Waals surface area contributed by atoms with Gasteiger partial charge in [-0.15, -0.1) is 0 Å². The molecule has 1 aromatic carbocycles. The molecule has 1 spiro atoms. The van der Waals surface area contributed by atoms with Crippen LogP contribution in [0.25, 0.3) is 0 Å². The predicted octanol–water partition coefficient (Wildman–Crippen LogP) is 2.04. The fourth-order valence-electron chi connectivity index (χ4n) is 13.2. The Balaban J connectivity index is 1.23. The Kier molecular flexibility index (Phi) is 7.75. The van der Waals surface area contributed by atoms with Gasteiger partial charge in [-0.1, -0.05) is 26.0 Å². The van der Waals surface area contributed by atoms with E-state index in [1.807, 2.05) is 0 Å². The molecule has 14 atom stereocenters. The van der Waals surface area contributed by atoms with Gasteiger partial charge in [0.05, 0.1) is 48.3 Å². The number of hydrogen-bond acceptors (Lipinski definition) is 11. The number of aliphatic hydroxyl groups is 2. The molecule has 0 aromatic heterocycles. The van der Waals surface area contributed by atoms with Gasteiger partial charge in [-0.05, 0) is 43.9 Å². The highest BCUT2D eigenvalue weighted by atomic mass is 16.5. The molecule has 49 heavy (non-hydrogen) atoms. The van der Waals surface area contributed by atoms with E-state index in [1.54, 1.807) is 59.6 Å². The van der Waals surface area contributed by atoms with E-state index in [4.69, 9.17) is 23.7 Å². The van der Waals surface area contributed by atoms with Gasteiger partial charge in [-0.25, -0.2) is 9.69 Å². The lowest BCUT2D eigenvalue weighted by molar-refractivity contribution is -0.320. The first kappa shape index (κ1) is 33.7. The normalized spacial score (nSPS) is 48.0. The third kappa shape index (κ3) is 3.86. The Bertz CT molecular complexity index is 1560. The number of fused-ring (bicyclic) bond motifs is 2. The van der Waals surface area contributed by atoms with Gasteiger partial charge < -0.3 is 33.9 Å². The first-order valence-corrected chi connectivity index (χ1v) is 17.9. The summed E-state index contributed by atoms with van der Waals surface area (Å²) in [5.74, 6) is -2.47. The van der Waals surface area contributed by atoms with E-state index in [2.05, 4.69) is 11.8 Å². The molecule has 12 heteroatoms. The molecule has 1 aromatic rings. The first-order valence-electron chi connectivity index (χ1n) is 17.9. The number of piperidine rings is 1. The van der Waals surface area contributed by atoms with E-state index in [9.17, 15) is 24.6 Å². The number of likely N-dealkylation sites (N-methyl/N-ethyl adjacent to an activating group) is 1. The van der Waals surface area contributed by atoms with Crippen molar-refractivity contribution in [3.8, 4) is 0 Å². The number of hydrogen-bond donors (Lipinski definition) is 2. The van der Waals surface area contributed by atoms with Gasteiger partial charge in [0, 0.05) is 82.3 Å². The van der Waals surface area contributed by atoms with Gasteiger partial charge in [0.25, 0.3) is 0 Å². The highest BCUT2D eigenvalue weighted by Crippen LogP contribution is 2.80. The fraction of sp³-hybridized carbons (Fsp3) is 0.757. The van der Waals surface area contributed by atoms with Crippen LogP contribution >= 0.6 is 0 Å². The number of benzene rings is 1. The van der Waals surface area contributed by atoms with Crippen LogP contribution in [-0.2, 0) is 33.3 Å². The van der Waals surface area contributed by atoms with Crippen LogP contribution in [0.5, 0.6) is 0 Å². The Labute approximate surface area is 287 Å². The molecule has 2 N–H and O–H groups in total. The largest absolute Gasteiger partial charge is 0.461 e. The minimum absolute atomic E-state index is 0.0358. The number of carbonyl (C=O) groups is 3. The van der Waals surface area contributed by atoms with Crippen LogP contribution in [0.3, 0.4) is 0 Å². The molecule has 2 saturated heterocycles. The average Bonchev–Trinajstić information content (AvgIpc) is 3.63. The second-order valence-corrected chi connectivity index (χ2v) is 16.0. The SMILES string of the molecule is CCN1C[C@]2(COC(=O)c3ccccc3N3C(=O)C[C@H](C)C3=O)CC[C@H](OC)[C@]34C1[C@](O)([C@@H](OC)[C@@H]23)[C@@]1(O)C[C@H](OC)[C@H]2C[C@@H]4[C@@H]1[C@H]2OC. The molecule has 268 valence electrons. The standard InChI is InChI=1S/C37H50N2O10/c1-7-38-17-34(18-49-32(42)20-10-8-9-11-23(20)39-26(40)14-19(2)31(39)41)13-12-25(46-4)36-22-15-21-24(45-3)16-35(43,27(22)28(21)47-5)37(44,33(36)38)30(48-6)29(34)36/h8-11,19,21-22,24-25,27-30,33,43-44H,7,12-18H2,1-6H3/t19-,21+,22+,24-,25-,27+,28-,29-,30-,33?,34-,35+,36-,37+/m0/s1. The summed E-state index contributed by atoms with van der Waals surface area (Å²) in [6.45, 7) is 4.95. The minimum atomic E-state index is -1.70. The number of ether oxygens (including phenoxy) is 5. The smallest absolute Gasteiger partial charge is 0.340 e. The maximum absolute atomic E-state index is 14.1. The van der Waals surface area contributed by atoms with Crippen molar-refractivity contribution >= 4 is 23.5 Å². The molecule has 2 aliphatic heterocycles. The first-order chi connectivity index (χ1) is 23.4. The predicted molar refractivity (Wildman–Crippen MR) is 174 cm³/mol. The maximum atomic E-state index is 14.1. The van der Waals surface area contributed by atoms with Crippen molar-refractivity contribution in [2.45, 2.75) is 87.6 Å². The van der Waals surface area contributed by atoms with Crippen LogP contribution in [0.2, 0.25) is 0 Å². The number of para-hydroxylation sites is 1. The van der Waals surface area contributed by atoms with Crippen molar-refractivity contribution in [1.29, 1.82) is 0 Å². The molecule has 2 amide bonds. The van der Waals surface area contributed by atoms with Crippen molar-refractivity contribution in [1.82, 2.24) is 4.90 Å². The monoisotopic (exact) mass is 682 g/mol. The summed E-state index contributed by atoms with van der Waals surface area (Å²) in [6, 6.07) is 6.12. The molecular formula is C37H50N2O10. The highest BCUT2D eigenvalue weighted by Gasteiger charge is 2.91. The maximum Gasteiger partial charge on any atom is 0.340 e. The van der Waals surface area contributed by atoms with Crippen molar-refractivity contribution in [3.05, 3.63) is 29.8 Å². The number of rotatable bonds is 9. The number of methoxy groups -OCH3 is 4. The molecule has 8 rings (SSSR count). The van der Waals surface area contributed by atoms with E-state index in [-0.39, 0.29) is 84.5 Å². The summed E-state index contributed by atoms with van der Waals surface area (Å²) in [6.07, 6.45) is 0.813. The molecule has 1 unspecified atom stereocenters. The summed E-state index contributed by atoms with van der Waals surface area (Å²) >= 11 is 0. The molecule has 7 fully saturated rings. The lowest BCUT2D eigenvalue weighted by Gasteiger charge is -2.70. The zero-order valence-corrected chi connectivity index (χ0v) is 29.3. The number of amides is 2. The summed E-state index contributed by atoms with van der Waals surface area (Å²) in [5.41, 5.74) is -4.17. The lowest BCUT2D eigenvalue weighted by Crippen LogP contribution is -2.82. The average molecular weight is 683 g/mol. The number of anilines is 1. The molecule has 7 aliphatic rings. The molecule has 12 nitrogen and oxygen atoms in total. The van der Waals surface area contributed by atoms with Crippen molar-refractivity contribution in [3.63, 3.8) is 0 Å². The van der Waals surface area contributed by atoms with Crippen LogP contribution in [0.15, 0.2) is 24.3 Å². The van der Waals surface area contributed by atoms with E-state index < -0.39 is 46.1 Å². The second-order valence-electron chi connectivity index (χ2n) is 16.0. The van der Waals surface area contributed by atoms with Crippen LogP contribution in [0, 0.1) is 40.4 Å². The van der Waals surface area contributed by atoms with Gasteiger partial charge in [0.1, 0.15) is 11.2 Å². The van der Waals surface area contributed by atoms with Crippen molar-refractivity contribution < 1.29 is 48.3 Å². The number of likely N-dealkylation sites (tertiary alicyclic amines) is 1. The van der Waals surface area contributed by atoms with Gasteiger partial charge >= 0.3 is 5.97 Å².